The third kappa shape index (κ3) is 6.60. The molecule has 0 aromatic heterocycles. The average molecular weight is 466 g/mol. The van der Waals surface area contributed by atoms with Crippen molar-refractivity contribution in [2.45, 2.75) is 20.5 Å². The first-order chi connectivity index (χ1) is 15.9. The molecule has 0 saturated carbocycles. The Kier molecular flexibility index (Phi) is 8.11. The van der Waals surface area contributed by atoms with Gasteiger partial charge in [-0.3, -0.25) is 4.79 Å². The standard InChI is InChI=1S/C26H24ClNO5/c1-3-32-23-15-19(13-21(27)24(23)33-16-18-9-7-8-17(2)12-18)14-22(26(30)31)28-25(29)20-10-5-4-6-11-20/h4-15H,3,16H2,1-2H3,(H,28,29)(H,30,31)/b22-14+. The molecule has 0 aliphatic rings. The second kappa shape index (κ2) is 11.2. The maximum absolute atomic E-state index is 12.4. The second-order valence-corrected chi connectivity index (χ2v) is 7.63. The molecular formula is C26H24ClNO5. The molecule has 2 N–H and O–H groups in total. The van der Waals surface area contributed by atoms with E-state index in [0.29, 0.717) is 35.8 Å². The maximum atomic E-state index is 12.4. The number of hydrogen-bond donors (Lipinski definition) is 2. The smallest absolute Gasteiger partial charge is 0.352 e. The average Bonchev–Trinajstić information content (AvgIpc) is 2.79. The van der Waals surface area contributed by atoms with Gasteiger partial charge in [-0.15, -0.1) is 0 Å². The molecule has 0 saturated heterocycles. The van der Waals surface area contributed by atoms with Gasteiger partial charge in [0.25, 0.3) is 5.91 Å². The summed E-state index contributed by atoms with van der Waals surface area (Å²) < 4.78 is 11.6. The molecule has 6 nitrogen and oxygen atoms in total. The van der Waals surface area contributed by atoms with Crippen LogP contribution in [0.2, 0.25) is 5.02 Å². The summed E-state index contributed by atoms with van der Waals surface area (Å²) in [5.41, 5.74) is 2.59. The molecular weight excluding hydrogens is 442 g/mol. The normalized spacial score (nSPS) is 11.1. The zero-order valence-corrected chi connectivity index (χ0v) is 19.1. The van der Waals surface area contributed by atoms with Crippen LogP contribution in [0.1, 0.15) is 34.0 Å². The fourth-order valence-corrected chi connectivity index (χ4v) is 3.41. The van der Waals surface area contributed by atoms with Crippen molar-refractivity contribution in [3.05, 3.63) is 99.7 Å². The maximum Gasteiger partial charge on any atom is 0.352 e. The Bertz CT molecular complexity index is 1170. The van der Waals surface area contributed by atoms with Gasteiger partial charge in [0.2, 0.25) is 0 Å². The predicted molar refractivity (Wildman–Crippen MR) is 128 cm³/mol. The lowest BCUT2D eigenvalue weighted by molar-refractivity contribution is -0.132. The number of aliphatic carboxylic acids is 1. The van der Waals surface area contributed by atoms with Crippen LogP contribution in [0.25, 0.3) is 6.08 Å². The van der Waals surface area contributed by atoms with Gasteiger partial charge < -0.3 is 19.9 Å². The van der Waals surface area contributed by atoms with Crippen molar-refractivity contribution < 1.29 is 24.2 Å². The summed E-state index contributed by atoms with van der Waals surface area (Å²) in [7, 11) is 0. The quantitative estimate of drug-likeness (QED) is 0.408. The van der Waals surface area contributed by atoms with E-state index in [1.165, 1.54) is 6.08 Å². The molecule has 3 rings (SSSR count). The lowest BCUT2D eigenvalue weighted by Gasteiger charge is -2.15. The molecule has 0 aliphatic heterocycles. The van der Waals surface area contributed by atoms with E-state index in [0.717, 1.165) is 11.1 Å². The Labute approximate surface area is 197 Å². The Morgan fingerprint density at radius 2 is 1.79 bits per heavy atom. The van der Waals surface area contributed by atoms with Crippen LogP contribution >= 0.6 is 11.6 Å². The number of ether oxygens (including phenoxy) is 2. The van der Waals surface area contributed by atoms with Crippen molar-refractivity contribution in [1.82, 2.24) is 5.32 Å². The molecule has 0 bridgehead atoms. The third-order valence-electron chi connectivity index (χ3n) is 4.62. The molecule has 3 aromatic rings. The molecule has 3 aromatic carbocycles. The van der Waals surface area contributed by atoms with E-state index >= 15 is 0 Å². The summed E-state index contributed by atoms with van der Waals surface area (Å²) >= 11 is 6.46. The molecule has 0 spiro atoms. The van der Waals surface area contributed by atoms with Crippen LogP contribution in [0.4, 0.5) is 0 Å². The van der Waals surface area contributed by atoms with Gasteiger partial charge in [0, 0.05) is 5.56 Å². The van der Waals surface area contributed by atoms with Crippen LogP contribution in [-0.4, -0.2) is 23.6 Å². The number of amides is 1. The van der Waals surface area contributed by atoms with Crippen LogP contribution < -0.4 is 14.8 Å². The second-order valence-electron chi connectivity index (χ2n) is 7.22. The highest BCUT2D eigenvalue weighted by Crippen LogP contribution is 2.38. The minimum Gasteiger partial charge on any atom is -0.490 e. The van der Waals surface area contributed by atoms with E-state index in [9.17, 15) is 14.7 Å². The van der Waals surface area contributed by atoms with Gasteiger partial charge in [0.05, 0.1) is 11.6 Å². The van der Waals surface area contributed by atoms with Crippen LogP contribution in [0, 0.1) is 6.92 Å². The van der Waals surface area contributed by atoms with Gasteiger partial charge in [-0.05, 0) is 55.3 Å². The molecule has 0 fully saturated rings. The minimum atomic E-state index is -1.28. The number of benzene rings is 3. The van der Waals surface area contributed by atoms with Crippen molar-refractivity contribution in [3.8, 4) is 11.5 Å². The van der Waals surface area contributed by atoms with E-state index in [1.54, 1.807) is 42.5 Å². The van der Waals surface area contributed by atoms with Crippen LogP contribution in [0.15, 0.2) is 72.4 Å². The van der Waals surface area contributed by atoms with E-state index in [2.05, 4.69) is 5.32 Å². The summed E-state index contributed by atoms with van der Waals surface area (Å²) in [5, 5.41) is 12.3. The SMILES string of the molecule is CCOc1cc(/C=C(/NC(=O)c2ccccc2)C(=O)O)cc(Cl)c1OCc1cccc(C)c1. The van der Waals surface area contributed by atoms with Gasteiger partial charge in [-0.2, -0.15) is 0 Å². The number of aryl methyl sites for hydroxylation is 1. The number of carboxylic acid groups (broad SMARTS) is 1. The summed E-state index contributed by atoms with van der Waals surface area (Å²) in [5.74, 6) is -1.07. The zero-order valence-electron chi connectivity index (χ0n) is 18.3. The number of carbonyl (C=O) groups excluding carboxylic acids is 1. The van der Waals surface area contributed by atoms with Gasteiger partial charge in [0.15, 0.2) is 11.5 Å². The highest BCUT2D eigenvalue weighted by molar-refractivity contribution is 6.32. The van der Waals surface area contributed by atoms with Crippen molar-refractivity contribution in [2.24, 2.45) is 0 Å². The molecule has 7 heteroatoms. The predicted octanol–water partition coefficient (Wildman–Crippen LogP) is 5.48. The van der Waals surface area contributed by atoms with E-state index in [-0.39, 0.29) is 10.7 Å². The van der Waals surface area contributed by atoms with Crippen molar-refractivity contribution >= 4 is 29.6 Å². The molecule has 0 aliphatic carbocycles. The fraction of sp³-hybridized carbons (Fsp3) is 0.154. The zero-order chi connectivity index (χ0) is 23.8. The number of hydrogen-bond acceptors (Lipinski definition) is 4. The fourth-order valence-electron chi connectivity index (χ4n) is 3.13. The summed E-state index contributed by atoms with van der Waals surface area (Å²) in [6.07, 6.45) is 1.32. The van der Waals surface area contributed by atoms with Crippen molar-refractivity contribution in [2.75, 3.05) is 6.61 Å². The van der Waals surface area contributed by atoms with Gasteiger partial charge in [-0.25, -0.2) is 4.79 Å². The Morgan fingerprint density at radius 1 is 1.03 bits per heavy atom. The Balaban J connectivity index is 1.87. The Morgan fingerprint density at radius 3 is 2.45 bits per heavy atom. The van der Waals surface area contributed by atoms with E-state index < -0.39 is 11.9 Å². The molecule has 0 atom stereocenters. The van der Waals surface area contributed by atoms with Crippen LogP contribution in [-0.2, 0) is 11.4 Å². The first-order valence-corrected chi connectivity index (χ1v) is 10.7. The number of carboxylic acids is 1. The molecule has 33 heavy (non-hydrogen) atoms. The lowest BCUT2D eigenvalue weighted by Crippen LogP contribution is -2.27. The number of nitrogens with one attached hydrogen (secondary N) is 1. The minimum absolute atomic E-state index is 0.263. The first-order valence-electron chi connectivity index (χ1n) is 10.3. The number of halogens is 1. The van der Waals surface area contributed by atoms with Gasteiger partial charge >= 0.3 is 5.97 Å². The highest BCUT2D eigenvalue weighted by atomic mass is 35.5. The Hall–Kier alpha value is -3.77. The summed E-state index contributed by atoms with van der Waals surface area (Å²) in [6, 6.07) is 19.5. The molecule has 0 unspecified atom stereocenters. The summed E-state index contributed by atoms with van der Waals surface area (Å²) in [6.45, 7) is 4.48. The number of rotatable bonds is 9. The third-order valence-corrected chi connectivity index (χ3v) is 4.90. The molecule has 170 valence electrons. The molecule has 1 amide bonds. The topological polar surface area (TPSA) is 84.9 Å². The van der Waals surface area contributed by atoms with E-state index in [4.69, 9.17) is 21.1 Å². The van der Waals surface area contributed by atoms with Crippen LogP contribution in [0.3, 0.4) is 0 Å². The lowest BCUT2D eigenvalue weighted by atomic mass is 10.1. The van der Waals surface area contributed by atoms with Gasteiger partial charge in [-0.1, -0.05) is 59.6 Å². The highest BCUT2D eigenvalue weighted by Gasteiger charge is 2.16. The summed E-state index contributed by atoms with van der Waals surface area (Å²) in [4.78, 5) is 24.1. The van der Waals surface area contributed by atoms with Crippen molar-refractivity contribution in [1.29, 1.82) is 0 Å². The van der Waals surface area contributed by atoms with Crippen molar-refractivity contribution in [3.63, 3.8) is 0 Å². The molecule has 0 radical (unpaired) electrons. The first kappa shape index (κ1) is 23.9. The van der Waals surface area contributed by atoms with E-state index in [1.807, 2.05) is 38.1 Å². The molecule has 0 heterocycles. The monoisotopic (exact) mass is 465 g/mol. The number of carbonyl (C=O) groups is 2. The largest absolute Gasteiger partial charge is 0.490 e. The van der Waals surface area contributed by atoms with Crippen LogP contribution in [0.5, 0.6) is 11.5 Å². The van der Waals surface area contributed by atoms with Gasteiger partial charge in [0.1, 0.15) is 12.3 Å².